The average molecular weight is 251 g/mol. The molecule has 2 unspecified atom stereocenters. The zero-order chi connectivity index (χ0) is 13.0. The van der Waals surface area contributed by atoms with Crippen LogP contribution < -0.4 is 14.8 Å². The summed E-state index contributed by atoms with van der Waals surface area (Å²) >= 11 is 0. The van der Waals surface area contributed by atoms with E-state index in [1.807, 2.05) is 14.0 Å². The fourth-order valence-electron chi connectivity index (χ4n) is 2.37. The number of rotatable bonds is 4. The highest BCUT2D eigenvalue weighted by atomic mass is 16.5. The van der Waals surface area contributed by atoms with Crippen molar-refractivity contribution in [1.29, 1.82) is 0 Å². The first-order chi connectivity index (χ1) is 8.72. The average Bonchev–Trinajstić information content (AvgIpc) is 2.38. The molecule has 2 atom stereocenters. The molecule has 100 valence electrons. The molecule has 0 aromatic carbocycles. The second kappa shape index (κ2) is 6.00. The number of likely N-dealkylation sites (N-methyl/N-ethyl adjacent to an activating group) is 1. The smallest absolute Gasteiger partial charge is 0.320 e. The van der Waals surface area contributed by atoms with Crippen molar-refractivity contribution in [3.63, 3.8) is 0 Å². The molecule has 1 N–H and O–H groups in total. The molecule has 18 heavy (non-hydrogen) atoms. The lowest BCUT2D eigenvalue weighted by molar-refractivity contribution is 0.106. The van der Waals surface area contributed by atoms with Crippen LogP contribution in [0.4, 0.5) is 0 Å². The summed E-state index contributed by atoms with van der Waals surface area (Å²) in [5.74, 6) is 0.550. The van der Waals surface area contributed by atoms with Gasteiger partial charge < -0.3 is 14.8 Å². The van der Waals surface area contributed by atoms with Gasteiger partial charge in [0, 0.05) is 17.8 Å². The minimum atomic E-state index is 0.148. The molecule has 1 aromatic rings. The molecule has 0 amide bonds. The van der Waals surface area contributed by atoms with E-state index < -0.39 is 0 Å². The molecule has 0 aliphatic heterocycles. The van der Waals surface area contributed by atoms with E-state index in [0.717, 1.165) is 18.5 Å². The Labute approximate surface area is 108 Å². The topological polar surface area (TPSA) is 56.3 Å². The lowest BCUT2D eigenvalue weighted by Gasteiger charge is -2.30. The van der Waals surface area contributed by atoms with Crippen LogP contribution in [0.5, 0.6) is 11.9 Å². The molecule has 0 radical (unpaired) electrons. The van der Waals surface area contributed by atoms with Crippen LogP contribution in [0, 0.1) is 6.92 Å². The first-order valence-electron chi connectivity index (χ1n) is 6.46. The quantitative estimate of drug-likeness (QED) is 0.882. The summed E-state index contributed by atoms with van der Waals surface area (Å²) in [6.07, 6.45) is 4.79. The van der Waals surface area contributed by atoms with Crippen molar-refractivity contribution in [2.45, 2.75) is 44.8 Å². The van der Waals surface area contributed by atoms with Gasteiger partial charge in [-0.15, -0.1) is 0 Å². The van der Waals surface area contributed by atoms with Gasteiger partial charge in [0.2, 0.25) is 5.88 Å². The Hall–Kier alpha value is -1.36. The first-order valence-corrected chi connectivity index (χ1v) is 6.46. The summed E-state index contributed by atoms with van der Waals surface area (Å²) in [5.41, 5.74) is 0.855. The largest absolute Gasteiger partial charge is 0.481 e. The third-order valence-corrected chi connectivity index (χ3v) is 3.35. The van der Waals surface area contributed by atoms with E-state index in [-0.39, 0.29) is 6.10 Å². The van der Waals surface area contributed by atoms with Gasteiger partial charge in [-0.1, -0.05) is 6.42 Å². The summed E-state index contributed by atoms with van der Waals surface area (Å²) < 4.78 is 11.0. The summed E-state index contributed by atoms with van der Waals surface area (Å²) in [7, 11) is 3.58. The maximum absolute atomic E-state index is 5.92. The monoisotopic (exact) mass is 251 g/mol. The maximum Gasteiger partial charge on any atom is 0.320 e. The molecule has 5 nitrogen and oxygen atoms in total. The van der Waals surface area contributed by atoms with Gasteiger partial charge in [0.1, 0.15) is 6.10 Å². The standard InChI is InChI=1S/C13H21N3O2/c1-9-8-12(17-3)16-13(15-9)18-11-7-5-4-6-10(11)14-2/h8,10-11,14H,4-7H2,1-3H3. The van der Waals surface area contributed by atoms with E-state index >= 15 is 0 Å². The molecule has 0 saturated heterocycles. The van der Waals surface area contributed by atoms with E-state index in [0.29, 0.717) is 17.9 Å². The predicted molar refractivity (Wildman–Crippen MR) is 69.1 cm³/mol. The number of aryl methyl sites for hydroxylation is 1. The van der Waals surface area contributed by atoms with Crippen molar-refractivity contribution >= 4 is 0 Å². The van der Waals surface area contributed by atoms with Gasteiger partial charge in [-0.05, 0) is 33.2 Å². The molecule has 0 spiro atoms. The molecule has 5 heteroatoms. The van der Waals surface area contributed by atoms with Crippen LogP contribution in [0.2, 0.25) is 0 Å². The Bertz CT molecular complexity index is 398. The number of hydrogen-bond acceptors (Lipinski definition) is 5. The molecule has 1 aliphatic rings. The van der Waals surface area contributed by atoms with E-state index in [9.17, 15) is 0 Å². The third kappa shape index (κ3) is 3.10. The second-order valence-electron chi connectivity index (χ2n) is 4.67. The Morgan fingerprint density at radius 1 is 1.28 bits per heavy atom. The van der Waals surface area contributed by atoms with Crippen molar-refractivity contribution in [1.82, 2.24) is 15.3 Å². The van der Waals surface area contributed by atoms with E-state index in [1.165, 1.54) is 12.8 Å². The molecular weight excluding hydrogens is 230 g/mol. The molecule has 1 aliphatic carbocycles. The van der Waals surface area contributed by atoms with Crippen LogP contribution in [-0.2, 0) is 0 Å². The minimum Gasteiger partial charge on any atom is -0.481 e. The molecule has 1 aromatic heterocycles. The highest BCUT2D eigenvalue weighted by Crippen LogP contribution is 2.23. The van der Waals surface area contributed by atoms with Crippen LogP contribution in [0.15, 0.2) is 6.07 Å². The van der Waals surface area contributed by atoms with Crippen molar-refractivity contribution in [3.8, 4) is 11.9 Å². The third-order valence-electron chi connectivity index (χ3n) is 3.35. The van der Waals surface area contributed by atoms with E-state index in [2.05, 4.69) is 15.3 Å². The van der Waals surface area contributed by atoms with Gasteiger partial charge >= 0.3 is 6.01 Å². The van der Waals surface area contributed by atoms with Crippen LogP contribution in [0.1, 0.15) is 31.4 Å². The fraction of sp³-hybridized carbons (Fsp3) is 0.692. The Morgan fingerprint density at radius 3 is 2.78 bits per heavy atom. The number of aromatic nitrogens is 2. The molecule has 0 bridgehead atoms. The Balaban J connectivity index is 2.09. The fourth-order valence-corrected chi connectivity index (χ4v) is 2.37. The van der Waals surface area contributed by atoms with Crippen molar-refractivity contribution in [2.75, 3.05) is 14.2 Å². The normalized spacial score (nSPS) is 23.7. The number of methoxy groups -OCH3 is 1. The summed E-state index contributed by atoms with van der Waals surface area (Å²) in [6.45, 7) is 1.91. The number of nitrogens with zero attached hydrogens (tertiary/aromatic N) is 2. The minimum absolute atomic E-state index is 0.148. The van der Waals surface area contributed by atoms with Gasteiger partial charge in [0.25, 0.3) is 0 Å². The van der Waals surface area contributed by atoms with E-state index in [4.69, 9.17) is 9.47 Å². The van der Waals surface area contributed by atoms with Crippen LogP contribution >= 0.6 is 0 Å². The number of hydrogen-bond donors (Lipinski definition) is 1. The highest BCUT2D eigenvalue weighted by Gasteiger charge is 2.26. The second-order valence-corrected chi connectivity index (χ2v) is 4.67. The summed E-state index contributed by atoms with van der Waals surface area (Å²) in [5, 5.41) is 3.31. The lowest BCUT2D eigenvalue weighted by atomic mass is 9.92. The number of nitrogens with one attached hydrogen (secondary N) is 1. The maximum atomic E-state index is 5.92. The summed E-state index contributed by atoms with van der Waals surface area (Å²) in [4.78, 5) is 8.54. The lowest BCUT2D eigenvalue weighted by Crippen LogP contribution is -2.43. The number of ether oxygens (including phenoxy) is 2. The van der Waals surface area contributed by atoms with Crippen LogP contribution in [0.25, 0.3) is 0 Å². The highest BCUT2D eigenvalue weighted by molar-refractivity contribution is 5.17. The zero-order valence-corrected chi connectivity index (χ0v) is 11.3. The molecule has 1 fully saturated rings. The molecular formula is C13H21N3O2. The van der Waals surface area contributed by atoms with Gasteiger partial charge in [-0.25, -0.2) is 4.98 Å². The molecule has 2 rings (SSSR count). The van der Waals surface area contributed by atoms with Gasteiger partial charge in [0.15, 0.2) is 0 Å². The van der Waals surface area contributed by atoms with Gasteiger partial charge in [-0.3, -0.25) is 0 Å². The molecule has 1 heterocycles. The zero-order valence-electron chi connectivity index (χ0n) is 11.3. The Kier molecular flexibility index (Phi) is 4.36. The van der Waals surface area contributed by atoms with Gasteiger partial charge in [-0.2, -0.15) is 4.98 Å². The van der Waals surface area contributed by atoms with Crippen molar-refractivity contribution in [3.05, 3.63) is 11.8 Å². The van der Waals surface area contributed by atoms with Crippen molar-refractivity contribution < 1.29 is 9.47 Å². The van der Waals surface area contributed by atoms with Crippen LogP contribution in [0.3, 0.4) is 0 Å². The first kappa shape index (κ1) is 13.1. The van der Waals surface area contributed by atoms with Gasteiger partial charge in [0.05, 0.1) is 7.11 Å². The SMILES string of the molecule is CNC1CCCCC1Oc1nc(C)cc(OC)n1. The van der Waals surface area contributed by atoms with Crippen LogP contribution in [-0.4, -0.2) is 36.3 Å². The predicted octanol–water partition coefficient (Wildman–Crippen LogP) is 1.70. The van der Waals surface area contributed by atoms with E-state index in [1.54, 1.807) is 13.2 Å². The summed E-state index contributed by atoms with van der Waals surface area (Å²) in [6, 6.07) is 2.59. The van der Waals surface area contributed by atoms with Crippen molar-refractivity contribution in [2.24, 2.45) is 0 Å². The molecule has 1 saturated carbocycles. The Morgan fingerprint density at radius 2 is 2.06 bits per heavy atom.